The monoisotopic (exact) mass is 244 g/mol. The van der Waals surface area contributed by atoms with Crippen LogP contribution in [0.4, 0.5) is 4.39 Å². The molecule has 0 unspecified atom stereocenters. The van der Waals surface area contributed by atoms with Crippen molar-refractivity contribution < 1.29 is 9.50 Å². The average molecular weight is 245 g/mol. The van der Waals surface area contributed by atoms with E-state index < -0.39 is 5.60 Å². The third-order valence-corrected chi connectivity index (χ3v) is 3.13. The van der Waals surface area contributed by atoms with Crippen LogP contribution in [0, 0.1) is 5.82 Å². The molecule has 1 aromatic carbocycles. The summed E-state index contributed by atoms with van der Waals surface area (Å²) in [6.45, 7) is 0. The molecule has 3 heteroatoms. The summed E-state index contributed by atoms with van der Waals surface area (Å²) in [5.41, 5.74) is 0.288. The normalized spacial score (nSPS) is 18.7. The summed E-state index contributed by atoms with van der Waals surface area (Å²) in [7, 11) is 0. The summed E-state index contributed by atoms with van der Waals surface area (Å²) >= 11 is 3.33. The molecular formula is C10H10BrFO. The molecule has 0 atom stereocenters. The van der Waals surface area contributed by atoms with Crippen molar-refractivity contribution >= 4 is 15.9 Å². The first kappa shape index (κ1) is 9.16. The van der Waals surface area contributed by atoms with Crippen LogP contribution in [-0.2, 0) is 6.42 Å². The first-order chi connectivity index (χ1) is 6.09. The molecule has 1 aromatic rings. The molecule has 0 aromatic heterocycles. The first-order valence-corrected chi connectivity index (χ1v) is 5.05. The van der Waals surface area contributed by atoms with Gasteiger partial charge in [-0.1, -0.05) is 15.9 Å². The third kappa shape index (κ3) is 2.09. The van der Waals surface area contributed by atoms with Gasteiger partial charge >= 0.3 is 0 Å². The highest BCUT2D eigenvalue weighted by molar-refractivity contribution is 9.10. The topological polar surface area (TPSA) is 20.2 Å². The van der Waals surface area contributed by atoms with E-state index in [2.05, 4.69) is 15.9 Å². The predicted molar refractivity (Wildman–Crippen MR) is 52.0 cm³/mol. The second-order valence-electron chi connectivity index (χ2n) is 3.64. The van der Waals surface area contributed by atoms with Gasteiger partial charge in [0.15, 0.2) is 0 Å². The second kappa shape index (κ2) is 3.07. The zero-order valence-corrected chi connectivity index (χ0v) is 8.64. The summed E-state index contributed by atoms with van der Waals surface area (Å²) in [5, 5.41) is 9.65. The highest BCUT2D eigenvalue weighted by Crippen LogP contribution is 2.39. The number of aliphatic hydroxyl groups is 1. The lowest BCUT2D eigenvalue weighted by Crippen LogP contribution is -2.11. The fourth-order valence-corrected chi connectivity index (χ4v) is 1.74. The maximum Gasteiger partial charge on any atom is 0.123 e. The van der Waals surface area contributed by atoms with Crippen LogP contribution in [0.2, 0.25) is 0 Å². The van der Waals surface area contributed by atoms with Crippen LogP contribution in [-0.4, -0.2) is 10.7 Å². The minimum absolute atomic E-state index is 0.248. The highest BCUT2D eigenvalue weighted by atomic mass is 79.9. The number of benzene rings is 1. The Balaban J connectivity index is 2.23. The van der Waals surface area contributed by atoms with Gasteiger partial charge in [-0.2, -0.15) is 0 Å². The Morgan fingerprint density at radius 2 is 2.15 bits per heavy atom. The summed E-state index contributed by atoms with van der Waals surface area (Å²) in [6, 6.07) is 4.56. The van der Waals surface area contributed by atoms with Crippen LogP contribution in [0.15, 0.2) is 22.7 Å². The molecule has 2 rings (SSSR count). The molecule has 1 fully saturated rings. The maximum absolute atomic E-state index is 12.8. The molecule has 0 amide bonds. The van der Waals surface area contributed by atoms with Gasteiger partial charge in [0.1, 0.15) is 5.82 Å². The molecule has 0 bridgehead atoms. The molecule has 70 valence electrons. The Kier molecular flexibility index (Phi) is 2.16. The Morgan fingerprint density at radius 1 is 1.46 bits per heavy atom. The van der Waals surface area contributed by atoms with E-state index >= 15 is 0 Å². The fraction of sp³-hybridized carbons (Fsp3) is 0.400. The van der Waals surface area contributed by atoms with Crippen molar-refractivity contribution in [2.45, 2.75) is 24.9 Å². The van der Waals surface area contributed by atoms with E-state index in [1.807, 2.05) is 0 Å². The smallest absolute Gasteiger partial charge is 0.123 e. The van der Waals surface area contributed by atoms with Crippen molar-refractivity contribution in [3.05, 3.63) is 34.1 Å². The second-order valence-corrected chi connectivity index (χ2v) is 4.49. The molecule has 1 aliphatic rings. The lowest BCUT2D eigenvalue weighted by atomic mass is 10.1. The van der Waals surface area contributed by atoms with Crippen molar-refractivity contribution in [2.75, 3.05) is 0 Å². The van der Waals surface area contributed by atoms with Gasteiger partial charge in [0.25, 0.3) is 0 Å². The summed E-state index contributed by atoms with van der Waals surface area (Å²) in [4.78, 5) is 0. The van der Waals surface area contributed by atoms with Gasteiger partial charge in [0.05, 0.1) is 5.60 Å². The zero-order chi connectivity index (χ0) is 9.47. The Bertz CT molecular complexity index is 334. The number of hydrogen-bond acceptors (Lipinski definition) is 1. The van der Waals surface area contributed by atoms with E-state index in [0.717, 1.165) is 22.9 Å². The SMILES string of the molecule is OC1(Cc2cc(F)ccc2Br)CC1. The van der Waals surface area contributed by atoms with Gasteiger partial charge in [-0.15, -0.1) is 0 Å². The van der Waals surface area contributed by atoms with Crippen LogP contribution < -0.4 is 0 Å². The van der Waals surface area contributed by atoms with Gasteiger partial charge in [-0.05, 0) is 36.6 Å². The molecule has 0 saturated heterocycles. The number of halogens is 2. The van der Waals surface area contributed by atoms with Crippen molar-refractivity contribution in [3.8, 4) is 0 Å². The molecule has 13 heavy (non-hydrogen) atoms. The van der Waals surface area contributed by atoms with Gasteiger partial charge in [-0.3, -0.25) is 0 Å². The van der Waals surface area contributed by atoms with E-state index in [0.29, 0.717) is 6.42 Å². The lowest BCUT2D eigenvalue weighted by molar-refractivity contribution is 0.150. The number of rotatable bonds is 2. The summed E-state index contributed by atoms with van der Waals surface area (Å²) < 4.78 is 13.7. The van der Waals surface area contributed by atoms with Crippen LogP contribution in [0.1, 0.15) is 18.4 Å². The molecular weight excluding hydrogens is 235 g/mol. The van der Waals surface area contributed by atoms with Crippen molar-refractivity contribution in [2.24, 2.45) is 0 Å². The summed E-state index contributed by atoms with van der Waals surface area (Å²) in [6.07, 6.45) is 2.21. The van der Waals surface area contributed by atoms with Gasteiger partial charge in [0, 0.05) is 10.9 Å². The quantitative estimate of drug-likeness (QED) is 0.849. The molecule has 0 aliphatic heterocycles. The maximum atomic E-state index is 12.8. The lowest BCUT2D eigenvalue weighted by Gasteiger charge is -2.09. The first-order valence-electron chi connectivity index (χ1n) is 4.25. The Hall–Kier alpha value is -0.410. The number of hydrogen-bond donors (Lipinski definition) is 1. The molecule has 0 radical (unpaired) electrons. The largest absolute Gasteiger partial charge is 0.390 e. The molecule has 0 spiro atoms. The van der Waals surface area contributed by atoms with Crippen molar-refractivity contribution in [1.29, 1.82) is 0 Å². The molecule has 0 heterocycles. The van der Waals surface area contributed by atoms with Crippen LogP contribution in [0.25, 0.3) is 0 Å². The third-order valence-electron chi connectivity index (χ3n) is 2.35. The minimum atomic E-state index is -0.559. The van der Waals surface area contributed by atoms with E-state index in [-0.39, 0.29) is 5.82 Å². The predicted octanol–water partition coefficient (Wildman–Crippen LogP) is 2.66. The van der Waals surface area contributed by atoms with E-state index in [1.165, 1.54) is 12.1 Å². The van der Waals surface area contributed by atoms with E-state index in [9.17, 15) is 9.50 Å². The van der Waals surface area contributed by atoms with Crippen LogP contribution in [0.5, 0.6) is 0 Å². The van der Waals surface area contributed by atoms with E-state index in [1.54, 1.807) is 6.07 Å². The van der Waals surface area contributed by atoms with Crippen molar-refractivity contribution in [3.63, 3.8) is 0 Å². The van der Waals surface area contributed by atoms with Gasteiger partial charge < -0.3 is 5.11 Å². The van der Waals surface area contributed by atoms with E-state index in [4.69, 9.17) is 0 Å². The van der Waals surface area contributed by atoms with Gasteiger partial charge in [-0.25, -0.2) is 4.39 Å². The minimum Gasteiger partial charge on any atom is -0.390 e. The van der Waals surface area contributed by atoms with Crippen LogP contribution >= 0.6 is 15.9 Å². The Labute approximate surface area is 84.7 Å². The standard InChI is InChI=1S/C10H10BrFO/c11-9-2-1-8(12)5-7(9)6-10(13)3-4-10/h1-2,5,13H,3-4,6H2. The zero-order valence-electron chi connectivity index (χ0n) is 7.06. The molecule has 1 saturated carbocycles. The highest BCUT2D eigenvalue weighted by Gasteiger charge is 2.40. The molecule has 1 aliphatic carbocycles. The Morgan fingerprint density at radius 3 is 2.77 bits per heavy atom. The van der Waals surface area contributed by atoms with Crippen molar-refractivity contribution in [1.82, 2.24) is 0 Å². The van der Waals surface area contributed by atoms with Gasteiger partial charge in [0.2, 0.25) is 0 Å². The molecule has 1 nitrogen and oxygen atoms in total. The van der Waals surface area contributed by atoms with Crippen LogP contribution in [0.3, 0.4) is 0 Å². The summed E-state index contributed by atoms with van der Waals surface area (Å²) in [5.74, 6) is -0.248. The average Bonchev–Trinajstić information content (AvgIpc) is 2.76. The fourth-order valence-electron chi connectivity index (χ4n) is 1.35. The molecule has 1 N–H and O–H groups in total.